The van der Waals surface area contributed by atoms with Crippen molar-refractivity contribution >= 4 is 28.9 Å². The number of piperazine rings is 1. The van der Waals surface area contributed by atoms with E-state index >= 15 is 0 Å². The second-order valence-electron chi connectivity index (χ2n) is 6.22. The third-order valence-electron chi connectivity index (χ3n) is 4.34. The van der Waals surface area contributed by atoms with E-state index in [1.165, 1.54) is 11.8 Å². The van der Waals surface area contributed by atoms with E-state index in [0.717, 1.165) is 49.2 Å². The monoisotopic (exact) mass is 382 g/mol. The van der Waals surface area contributed by atoms with Gasteiger partial charge in [0.1, 0.15) is 12.4 Å². The van der Waals surface area contributed by atoms with Gasteiger partial charge in [0, 0.05) is 39.1 Å². The molecule has 1 amide bonds. The van der Waals surface area contributed by atoms with E-state index < -0.39 is 0 Å². The Morgan fingerprint density at radius 2 is 2.00 bits per heavy atom. The van der Waals surface area contributed by atoms with Crippen LogP contribution in [0.3, 0.4) is 0 Å². The molecule has 0 spiro atoms. The summed E-state index contributed by atoms with van der Waals surface area (Å²) in [6.45, 7) is 8.33. The number of benzene rings is 1. The van der Waals surface area contributed by atoms with Gasteiger partial charge in [-0.1, -0.05) is 24.8 Å². The van der Waals surface area contributed by atoms with Gasteiger partial charge in [0.05, 0.1) is 11.0 Å². The third kappa shape index (κ3) is 5.22. The maximum atomic E-state index is 12.3. The molecule has 0 atom stereocenters. The van der Waals surface area contributed by atoms with Crippen LogP contribution in [0.15, 0.2) is 46.8 Å². The van der Waals surface area contributed by atoms with Gasteiger partial charge < -0.3 is 9.64 Å². The molecule has 0 bridgehead atoms. The maximum absolute atomic E-state index is 12.3. The number of ether oxygens (including phenoxy) is 1. The molecule has 2 heterocycles. The summed E-state index contributed by atoms with van der Waals surface area (Å²) in [7, 11) is 0. The minimum atomic E-state index is -0.186. The number of nitrogens with zero attached hydrogens (tertiary/aromatic N) is 4. The number of aliphatic imine (C=N–C) groups is 1. The van der Waals surface area contributed by atoms with Gasteiger partial charge >= 0.3 is 0 Å². The quantitative estimate of drug-likeness (QED) is 0.557. The van der Waals surface area contributed by atoms with Crippen molar-refractivity contribution in [1.82, 2.24) is 9.80 Å². The van der Waals surface area contributed by atoms with Gasteiger partial charge in [-0.15, -0.1) is 0 Å². The lowest BCUT2D eigenvalue weighted by Gasteiger charge is -2.34. The second kappa shape index (κ2) is 9.40. The van der Waals surface area contributed by atoms with Crippen LogP contribution in [0.1, 0.15) is 12.0 Å². The Balaban J connectivity index is 1.57. The Bertz CT molecular complexity index is 787. The van der Waals surface area contributed by atoms with E-state index in [2.05, 4.69) is 27.4 Å². The van der Waals surface area contributed by atoms with E-state index in [1.54, 1.807) is 6.08 Å². The van der Waals surface area contributed by atoms with E-state index in [-0.39, 0.29) is 5.91 Å². The lowest BCUT2D eigenvalue weighted by Crippen LogP contribution is -2.47. The summed E-state index contributed by atoms with van der Waals surface area (Å²) < 4.78 is 5.47. The highest BCUT2D eigenvalue weighted by molar-refractivity contribution is 8.18. The Kier molecular flexibility index (Phi) is 6.69. The Morgan fingerprint density at radius 3 is 2.67 bits per heavy atom. The fourth-order valence-corrected chi connectivity index (χ4v) is 3.84. The number of rotatable bonds is 6. The topological polar surface area (TPSA) is 68.9 Å². The van der Waals surface area contributed by atoms with Crippen LogP contribution in [0, 0.1) is 11.3 Å². The fourth-order valence-electron chi connectivity index (χ4n) is 2.87. The first-order valence-corrected chi connectivity index (χ1v) is 9.72. The van der Waals surface area contributed by atoms with Crippen molar-refractivity contribution in [2.45, 2.75) is 6.42 Å². The van der Waals surface area contributed by atoms with Crippen LogP contribution < -0.4 is 4.74 Å². The van der Waals surface area contributed by atoms with Crippen LogP contribution in [-0.2, 0) is 4.79 Å². The molecule has 2 aliphatic heterocycles. The summed E-state index contributed by atoms with van der Waals surface area (Å²) in [6.07, 6.45) is 4.12. The summed E-state index contributed by atoms with van der Waals surface area (Å²) in [6, 6.07) is 9.78. The van der Waals surface area contributed by atoms with Crippen molar-refractivity contribution in [1.29, 1.82) is 5.26 Å². The largest absolute Gasteiger partial charge is 0.490 e. The third-order valence-corrected chi connectivity index (χ3v) is 5.38. The van der Waals surface area contributed by atoms with Crippen LogP contribution in [-0.4, -0.2) is 60.2 Å². The molecule has 6 nitrogen and oxygen atoms in total. The molecule has 0 N–H and O–H groups in total. The zero-order valence-corrected chi connectivity index (χ0v) is 16.0. The molecule has 0 radical (unpaired) electrons. The molecular weight excluding hydrogens is 360 g/mol. The molecule has 0 aliphatic carbocycles. The van der Waals surface area contributed by atoms with Crippen LogP contribution in [0.25, 0.3) is 6.08 Å². The Hall–Kier alpha value is -2.56. The number of amidine groups is 1. The van der Waals surface area contributed by atoms with Crippen LogP contribution in [0.4, 0.5) is 0 Å². The van der Waals surface area contributed by atoms with E-state index in [1.807, 2.05) is 30.3 Å². The molecule has 0 unspecified atom stereocenters. The highest BCUT2D eigenvalue weighted by Crippen LogP contribution is 2.31. The van der Waals surface area contributed by atoms with Gasteiger partial charge in [-0.25, -0.2) is 0 Å². The lowest BCUT2D eigenvalue weighted by molar-refractivity contribution is -0.113. The number of amides is 1. The Labute approximate surface area is 163 Å². The normalized spacial score (nSPS) is 19.1. The molecule has 27 heavy (non-hydrogen) atoms. The summed E-state index contributed by atoms with van der Waals surface area (Å²) in [5.41, 5.74) is 0.939. The van der Waals surface area contributed by atoms with Crippen molar-refractivity contribution in [3.8, 4) is 11.8 Å². The zero-order chi connectivity index (χ0) is 19.1. The summed E-state index contributed by atoms with van der Waals surface area (Å²) in [5, 5.41) is 9.47. The van der Waals surface area contributed by atoms with Crippen LogP contribution in [0.2, 0.25) is 0 Å². The maximum Gasteiger partial charge on any atom is 0.286 e. The standard InChI is InChI=1S/C20H22N4O2S/c1-2-14-26-17-6-4-16(5-7-17)15-18-19(25)22-20(27-18)24-12-10-23(11-13-24)9-3-8-21/h2,4-7,15H,1,3,9-14H2/b18-15-. The van der Waals surface area contributed by atoms with Gasteiger partial charge in [0.25, 0.3) is 5.91 Å². The predicted octanol–water partition coefficient (Wildman–Crippen LogP) is 2.75. The highest BCUT2D eigenvalue weighted by atomic mass is 32.2. The van der Waals surface area contributed by atoms with E-state index in [9.17, 15) is 4.79 Å². The molecule has 7 heteroatoms. The SMILES string of the molecule is C=CCOc1ccc(/C=C2\SC(N3CCN(CCC#N)CC3)=NC2=O)cc1. The lowest BCUT2D eigenvalue weighted by atomic mass is 10.2. The molecule has 140 valence electrons. The van der Waals surface area contributed by atoms with Gasteiger partial charge in [0.15, 0.2) is 5.17 Å². The number of hydrogen-bond donors (Lipinski definition) is 0. The molecule has 2 aliphatic rings. The molecule has 1 saturated heterocycles. The molecule has 1 aromatic carbocycles. The molecule has 1 aromatic rings. The zero-order valence-electron chi connectivity index (χ0n) is 15.1. The molecular formula is C20H22N4O2S. The first-order chi connectivity index (χ1) is 13.2. The van der Waals surface area contributed by atoms with Crippen LogP contribution >= 0.6 is 11.8 Å². The smallest absolute Gasteiger partial charge is 0.286 e. The number of carbonyl (C=O) groups is 1. The van der Waals surface area contributed by atoms with Crippen LogP contribution in [0.5, 0.6) is 5.75 Å². The predicted molar refractivity (Wildman–Crippen MR) is 108 cm³/mol. The number of carbonyl (C=O) groups excluding carboxylic acids is 1. The van der Waals surface area contributed by atoms with Gasteiger partial charge in [-0.3, -0.25) is 9.69 Å². The summed E-state index contributed by atoms with van der Waals surface area (Å²) in [5.74, 6) is 0.586. The average molecular weight is 382 g/mol. The first kappa shape index (κ1) is 19.2. The number of hydrogen-bond acceptors (Lipinski definition) is 6. The fraction of sp³-hybridized carbons (Fsp3) is 0.350. The van der Waals surface area contributed by atoms with E-state index in [4.69, 9.17) is 10.00 Å². The molecule has 0 aromatic heterocycles. The van der Waals surface area contributed by atoms with Crippen molar-refractivity contribution in [2.75, 3.05) is 39.3 Å². The van der Waals surface area contributed by atoms with Crippen molar-refractivity contribution < 1.29 is 9.53 Å². The highest BCUT2D eigenvalue weighted by Gasteiger charge is 2.28. The van der Waals surface area contributed by atoms with Crippen molar-refractivity contribution in [3.05, 3.63) is 47.4 Å². The van der Waals surface area contributed by atoms with Crippen molar-refractivity contribution in [3.63, 3.8) is 0 Å². The van der Waals surface area contributed by atoms with E-state index in [0.29, 0.717) is 17.9 Å². The average Bonchev–Trinajstić information content (AvgIpc) is 3.06. The van der Waals surface area contributed by atoms with Gasteiger partial charge in [-0.2, -0.15) is 10.3 Å². The second-order valence-corrected chi connectivity index (χ2v) is 7.22. The van der Waals surface area contributed by atoms with Gasteiger partial charge in [0.2, 0.25) is 0 Å². The minimum absolute atomic E-state index is 0.186. The van der Waals surface area contributed by atoms with Gasteiger partial charge in [-0.05, 0) is 35.5 Å². The first-order valence-electron chi connectivity index (χ1n) is 8.90. The summed E-state index contributed by atoms with van der Waals surface area (Å²) in [4.78, 5) is 21.5. The Morgan fingerprint density at radius 1 is 1.26 bits per heavy atom. The molecule has 3 rings (SSSR count). The molecule has 1 fully saturated rings. The van der Waals surface area contributed by atoms with Crippen molar-refractivity contribution in [2.24, 2.45) is 4.99 Å². The molecule has 0 saturated carbocycles. The number of thioether (sulfide) groups is 1. The number of nitriles is 1. The minimum Gasteiger partial charge on any atom is -0.490 e. The summed E-state index contributed by atoms with van der Waals surface area (Å²) >= 11 is 1.43.